The molecule has 0 unspecified atom stereocenters. The molecule has 0 radical (unpaired) electrons. The Hall–Kier alpha value is -0.610. The molecule has 12 heavy (non-hydrogen) atoms. The van der Waals surface area contributed by atoms with E-state index in [1.165, 1.54) is 0 Å². The predicted octanol–water partition coefficient (Wildman–Crippen LogP) is -0.384. The minimum atomic E-state index is -0.206. The number of hydrogen-bond donors (Lipinski definition) is 1. The zero-order chi connectivity index (χ0) is 9.19. The fourth-order valence-electron chi connectivity index (χ4n) is 1.27. The third-order valence-electron chi connectivity index (χ3n) is 2.13. The van der Waals surface area contributed by atoms with Gasteiger partial charge in [-0.2, -0.15) is 0 Å². The quantitative estimate of drug-likeness (QED) is 0.578. The maximum absolute atomic E-state index is 10.9. The summed E-state index contributed by atoms with van der Waals surface area (Å²) in [5, 5.41) is 8.74. The molecule has 1 saturated heterocycles. The molecule has 0 aromatic carbocycles. The Balaban J connectivity index is 2.58. The summed E-state index contributed by atoms with van der Waals surface area (Å²) in [5.41, 5.74) is -0.142. The van der Waals surface area contributed by atoms with Gasteiger partial charge in [-0.1, -0.05) is 0 Å². The number of carbonyl (C=O) groups excluding carboxylic acids is 1. The summed E-state index contributed by atoms with van der Waals surface area (Å²) in [6, 6.07) is 0. The Morgan fingerprint density at radius 1 is 1.67 bits per heavy atom. The Kier molecular flexibility index (Phi) is 2.69. The summed E-state index contributed by atoms with van der Waals surface area (Å²) in [5.74, 6) is -0.206. The van der Waals surface area contributed by atoms with Crippen LogP contribution in [0.25, 0.3) is 0 Å². The molecule has 1 aliphatic heterocycles. The molecule has 0 aliphatic carbocycles. The van der Waals surface area contributed by atoms with Crippen LogP contribution in [-0.2, 0) is 9.53 Å². The van der Waals surface area contributed by atoms with Crippen molar-refractivity contribution in [3.63, 3.8) is 0 Å². The molecular formula is C8H15NO3. The van der Waals surface area contributed by atoms with E-state index in [9.17, 15) is 4.79 Å². The Bertz CT molecular complexity index is 179. The van der Waals surface area contributed by atoms with Crippen LogP contribution in [-0.4, -0.2) is 47.8 Å². The smallest absolute Gasteiger partial charge is 0.320 e. The highest BCUT2D eigenvalue weighted by Crippen LogP contribution is 2.18. The third-order valence-corrected chi connectivity index (χ3v) is 2.13. The second kappa shape index (κ2) is 3.41. The van der Waals surface area contributed by atoms with E-state index in [2.05, 4.69) is 0 Å². The van der Waals surface area contributed by atoms with Gasteiger partial charge in [-0.3, -0.25) is 9.69 Å². The summed E-state index contributed by atoms with van der Waals surface area (Å²) in [6.45, 7) is 5.29. The lowest BCUT2D eigenvalue weighted by Crippen LogP contribution is -2.55. The van der Waals surface area contributed by atoms with Crippen LogP contribution in [0.3, 0.4) is 0 Å². The molecule has 0 saturated carbocycles. The average molecular weight is 173 g/mol. The fourth-order valence-corrected chi connectivity index (χ4v) is 1.27. The molecule has 4 heteroatoms. The molecule has 70 valence electrons. The highest BCUT2D eigenvalue weighted by molar-refractivity contribution is 5.72. The Morgan fingerprint density at radius 2 is 2.33 bits per heavy atom. The van der Waals surface area contributed by atoms with Gasteiger partial charge in [0.1, 0.15) is 6.61 Å². The Labute approximate surface area is 72.1 Å². The summed E-state index contributed by atoms with van der Waals surface area (Å²) < 4.78 is 4.91. The van der Waals surface area contributed by atoms with Crippen molar-refractivity contribution in [3.8, 4) is 0 Å². The van der Waals surface area contributed by atoms with Crippen LogP contribution < -0.4 is 0 Å². The summed E-state index contributed by atoms with van der Waals surface area (Å²) in [6.07, 6.45) is 0. The molecule has 0 aromatic rings. The highest BCUT2D eigenvalue weighted by atomic mass is 16.5. The first kappa shape index (κ1) is 9.48. The SMILES string of the molecule is CC1(C)COC(=O)CN1CCO. The number of aliphatic hydroxyl groups excluding tert-OH is 1. The number of hydrogen-bond acceptors (Lipinski definition) is 4. The number of morpholine rings is 1. The van der Waals surface area contributed by atoms with E-state index < -0.39 is 0 Å². The monoisotopic (exact) mass is 173 g/mol. The van der Waals surface area contributed by atoms with Crippen LogP contribution in [0.15, 0.2) is 0 Å². The van der Waals surface area contributed by atoms with E-state index in [1.54, 1.807) is 0 Å². The standard InChI is InChI=1S/C8H15NO3/c1-8(2)6-12-7(11)5-9(8)3-4-10/h10H,3-6H2,1-2H3. The van der Waals surface area contributed by atoms with Gasteiger partial charge in [0, 0.05) is 6.54 Å². The molecule has 0 atom stereocenters. The van der Waals surface area contributed by atoms with Gasteiger partial charge in [-0.25, -0.2) is 0 Å². The first-order chi connectivity index (χ1) is 5.56. The molecule has 0 spiro atoms. The normalized spacial score (nSPS) is 23.8. The van der Waals surface area contributed by atoms with E-state index in [4.69, 9.17) is 9.84 Å². The first-order valence-electron chi connectivity index (χ1n) is 4.08. The number of nitrogens with zero attached hydrogens (tertiary/aromatic N) is 1. The van der Waals surface area contributed by atoms with E-state index >= 15 is 0 Å². The van der Waals surface area contributed by atoms with Crippen LogP contribution in [0.1, 0.15) is 13.8 Å². The number of esters is 1. The molecule has 1 heterocycles. The molecule has 1 rings (SSSR count). The van der Waals surface area contributed by atoms with Gasteiger partial charge >= 0.3 is 5.97 Å². The van der Waals surface area contributed by atoms with E-state index in [0.29, 0.717) is 13.2 Å². The van der Waals surface area contributed by atoms with Gasteiger partial charge in [-0.05, 0) is 13.8 Å². The van der Waals surface area contributed by atoms with Gasteiger partial charge in [0.05, 0.1) is 18.7 Å². The van der Waals surface area contributed by atoms with Gasteiger partial charge in [0.15, 0.2) is 0 Å². The molecule has 4 nitrogen and oxygen atoms in total. The van der Waals surface area contributed by atoms with Crippen molar-refractivity contribution in [3.05, 3.63) is 0 Å². The van der Waals surface area contributed by atoms with Gasteiger partial charge in [-0.15, -0.1) is 0 Å². The summed E-state index contributed by atoms with van der Waals surface area (Å²) in [7, 11) is 0. The average Bonchev–Trinajstić information content (AvgIpc) is 1.98. The topological polar surface area (TPSA) is 49.8 Å². The molecule has 0 bridgehead atoms. The second-order valence-electron chi connectivity index (χ2n) is 3.62. The number of aliphatic hydroxyl groups is 1. The van der Waals surface area contributed by atoms with Gasteiger partial charge in [0.2, 0.25) is 0 Å². The van der Waals surface area contributed by atoms with E-state index in [1.807, 2.05) is 18.7 Å². The predicted molar refractivity (Wildman–Crippen MR) is 43.7 cm³/mol. The molecule has 0 aromatic heterocycles. The minimum Gasteiger partial charge on any atom is -0.463 e. The molecule has 1 fully saturated rings. The number of cyclic esters (lactones) is 1. The van der Waals surface area contributed by atoms with Crippen molar-refractivity contribution < 1.29 is 14.6 Å². The van der Waals surface area contributed by atoms with Crippen molar-refractivity contribution in [2.75, 3.05) is 26.3 Å². The zero-order valence-corrected chi connectivity index (χ0v) is 7.54. The fraction of sp³-hybridized carbons (Fsp3) is 0.875. The molecule has 1 aliphatic rings. The molecule has 1 N–H and O–H groups in total. The Morgan fingerprint density at radius 3 is 2.92 bits per heavy atom. The van der Waals surface area contributed by atoms with Crippen molar-refractivity contribution in [2.45, 2.75) is 19.4 Å². The number of ether oxygens (including phenoxy) is 1. The van der Waals surface area contributed by atoms with Crippen molar-refractivity contribution >= 4 is 5.97 Å². The number of rotatable bonds is 2. The number of β-amino-alcohol motifs (C(OH)–C–C–N with tert-alkyl or cyclic N) is 1. The van der Waals surface area contributed by atoms with Crippen molar-refractivity contribution in [1.29, 1.82) is 0 Å². The lowest BCUT2D eigenvalue weighted by atomic mass is 10.0. The molecular weight excluding hydrogens is 158 g/mol. The van der Waals surface area contributed by atoms with Crippen LogP contribution in [0, 0.1) is 0 Å². The first-order valence-corrected chi connectivity index (χ1v) is 4.08. The number of carbonyl (C=O) groups is 1. The summed E-state index contributed by atoms with van der Waals surface area (Å²) >= 11 is 0. The van der Waals surface area contributed by atoms with Gasteiger partial charge in [0.25, 0.3) is 0 Å². The largest absolute Gasteiger partial charge is 0.463 e. The van der Waals surface area contributed by atoms with E-state index in [-0.39, 0.29) is 24.7 Å². The van der Waals surface area contributed by atoms with Crippen molar-refractivity contribution in [1.82, 2.24) is 4.90 Å². The molecule has 0 amide bonds. The zero-order valence-electron chi connectivity index (χ0n) is 7.54. The third kappa shape index (κ3) is 1.95. The van der Waals surface area contributed by atoms with Crippen molar-refractivity contribution in [2.24, 2.45) is 0 Å². The van der Waals surface area contributed by atoms with Crippen LogP contribution >= 0.6 is 0 Å². The van der Waals surface area contributed by atoms with Gasteiger partial charge < -0.3 is 9.84 Å². The lowest BCUT2D eigenvalue weighted by molar-refractivity contribution is -0.160. The highest BCUT2D eigenvalue weighted by Gasteiger charge is 2.33. The maximum Gasteiger partial charge on any atom is 0.320 e. The lowest BCUT2D eigenvalue weighted by Gasteiger charge is -2.40. The second-order valence-corrected chi connectivity index (χ2v) is 3.62. The summed E-state index contributed by atoms with van der Waals surface area (Å²) in [4.78, 5) is 12.8. The maximum atomic E-state index is 10.9. The van der Waals surface area contributed by atoms with Crippen LogP contribution in [0.5, 0.6) is 0 Å². The van der Waals surface area contributed by atoms with E-state index in [0.717, 1.165) is 0 Å². The minimum absolute atomic E-state index is 0.0801. The van der Waals surface area contributed by atoms with Crippen LogP contribution in [0.2, 0.25) is 0 Å². The van der Waals surface area contributed by atoms with Crippen LogP contribution in [0.4, 0.5) is 0 Å².